The summed E-state index contributed by atoms with van der Waals surface area (Å²) in [6.45, 7) is 1.91. The molecule has 0 atom stereocenters. The maximum atomic E-state index is 12.2. The van der Waals surface area contributed by atoms with Crippen LogP contribution in [0.4, 0.5) is 5.69 Å². The Morgan fingerprint density at radius 1 is 1.26 bits per heavy atom. The highest BCUT2D eigenvalue weighted by atomic mass is 79.9. The summed E-state index contributed by atoms with van der Waals surface area (Å²) in [5.41, 5.74) is 3.36. The van der Waals surface area contributed by atoms with E-state index in [9.17, 15) is 4.79 Å². The van der Waals surface area contributed by atoms with Gasteiger partial charge in [-0.2, -0.15) is 0 Å². The third kappa shape index (κ3) is 3.37. The number of hydrogen-bond donors (Lipinski definition) is 1. The lowest BCUT2D eigenvalue weighted by Gasteiger charge is -2.09. The lowest BCUT2D eigenvalue weighted by molar-refractivity contribution is 0.102. The standard InChI is InChI=1S/C15H13BrClNO/c1-10-6-7-11(8-13(10)17)15(19)18-14-5-3-2-4-12(14)9-16/h2-8H,9H2,1H3,(H,18,19). The lowest BCUT2D eigenvalue weighted by atomic mass is 10.1. The largest absolute Gasteiger partial charge is 0.322 e. The SMILES string of the molecule is Cc1ccc(C(=O)Nc2ccccc2CBr)cc1Cl. The molecule has 1 amide bonds. The number of carbonyl (C=O) groups excluding carboxylic acids is 1. The maximum Gasteiger partial charge on any atom is 0.255 e. The molecule has 0 fully saturated rings. The minimum atomic E-state index is -0.157. The Bertz CT molecular complexity index is 613. The van der Waals surface area contributed by atoms with E-state index in [1.54, 1.807) is 12.1 Å². The van der Waals surface area contributed by atoms with E-state index in [4.69, 9.17) is 11.6 Å². The van der Waals surface area contributed by atoms with Crippen LogP contribution in [-0.2, 0) is 5.33 Å². The zero-order valence-corrected chi connectivity index (χ0v) is 12.8. The number of rotatable bonds is 3. The van der Waals surface area contributed by atoms with E-state index in [-0.39, 0.29) is 5.91 Å². The van der Waals surface area contributed by atoms with Gasteiger partial charge in [-0.1, -0.05) is 51.8 Å². The smallest absolute Gasteiger partial charge is 0.255 e. The summed E-state index contributed by atoms with van der Waals surface area (Å²) >= 11 is 9.44. The van der Waals surface area contributed by atoms with Crippen molar-refractivity contribution in [3.63, 3.8) is 0 Å². The fourth-order valence-electron chi connectivity index (χ4n) is 1.69. The van der Waals surface area contributed by atoms with Crippen LogP contribution in [-0.4, -0.2) is 5.91 Å². The van der Waals surface area contributed by atoms with E-state index in [2.05, 4.69) is 21.2 Å². The third-order valence-electron chi connectivity index (χ3n) is 2.84. The second-order valence-electron chi connectivity index (χ2n) is 4.21. The van der Waals surface area contributed by atoms with E-state index >= 15 is 0 Å². The van der Waals surface area contributed by atoms with Crippen molar-refractivity contribution in [2.45, 2.75) is 12.3 Å². The van der Waals surface area contributed by atoms with Crippen molar-refractivity contribution in [1.29, 1.82) is 0 Å². The molecule has 0 aliphatic heterocycles. The molecule has 0 spiro atoms. The molecule has 2 aromatic rings. The van der Waals surface area contributed by atoms with Crippen molar-refractivity contribution in [2.24, 2.45) is 0 Å². The Balaban J connectivity index is 2.23. The molecule has 0 heterocycles. The molecule has 0 unspecified atom stereocenters. The van der Waals surface area contributed by atoms with Crippen molar-refractivity contribution in [3.05, 3.63) is 64.2 Å². The number of para-hydroxylation sites is 1. The Kier molecular flexibility index (Phi) is 4.61. The molecular weight excluding hydrogens is 326 g/mol. The topological polar surface area (TPSA) is 29.1 Å². The van der Waals surface area contributed by atoms with E-state index in [1.807, 2.05) is 37.3 Å². The summed E-state index contributed by atoms with van der Waals surface area (Å²) in [6.07, 6.45) is 0. The van der Waals surface area contributed by atoms with Crippen molar-refractivity contribution >= 4 is 39.1 Å². The average molecular weight is 339 g/mol. The number of carbonyl (C=O) groups is 1. The first-order chi connectivity index (χ1) is 9.11. The number of hydrogen-bond acceptors (Lipinski definition) is 1. The van der Waals surface area contributed by atoms with Crippen LogP contribution in [0.15, 0.2) is 42.5 Å². The van der Waals surface area contributed by atoms with Crippen LogP contribution in [0.1, 0.15) is 21.5 Å². The molecule has 98 valence electrons. The van der Waals surface area contributed by atoms with E-state index < -0.39 is 0 Å². The van der Waals surface area contributed by atoms with Crippen LogP contribution in [0.5, 0.6) is 0 Å². The van der Waals surface area contributed by atoms with Crippen molar-refractivity contribution in [2.75, 3.05) is 5.32 Å². The predicted octanol–water partition coefficient (Wildman–Crippen LogP) is 4.80. The van der Waals surface area contributed by atoms with Gasteiger partial charge in [0, 0.05) is 21.6 Å². The monoisotopic (exact) mass is 337 g/mol. The van der Waals surface area contributed by atoms with Crippen LogP contribution in [0.25, 0.3) is 0 Å². The quantitative estimate of drug-likeness (QED) is 0.801. The highest BCUT2D eigenvalue weighted by Gasteiger charge is 2.09. The lowest BCUT2D eigenvalue weighted by Crippen LogP contribution is -2.13. The molecule has 0 radical (unpaired) electrons. The number of amides is 1. The van der Waals surface area contributed by atoms with Gasteiger partial charge in [-0.05, 0) is 36.2 Å². The van der Waals surface area contributed by atoms with Gasteiger partial charge in [0.2, 0.25) is 0 Å². The molecule has 0 saturated carbocycles. The predicted molar refractivity (Wildman–Crippen MR) is 83.2 cm³/mol. The zero-order valence-electron chi connectivity index (χ0n) is 10.4. The molecule has 2 aromatic carbocycles. The first-order valence-corrected chi connectivity index (χ1v) is 7.33. The first-order valence-electron chi connectivity index (χ1n) is 5.83. The minimum Gasteiger partial charge on any atom is -0.322 e. The average Bonchev–Trinajstić information content (AvgIpc) is 2.42. The van der Waals surface area contributed by atoms with E-state index in [0.29, 0.717) is 15.9 Å². The van der Waals surface area contributed by atoms with Gasteiger partial charge in [-0.3, -0.25) is 4.79 Å². The number of anilines is 1. The van der Waals surface area contributed by atoms with Gasteiger partial charge >= 0.3 is 0 Å². The molecule has 0 aliphatic carbocycles. The molecule has 19 heavy (non-hydrogen) atoms. The van der Waals surface area contributed by atoms with Crippen LogP contribution in [0, 0.1) is 6.92 Å². The molecule has 0 saturated heterocycles. The normalized spacial score (nSPS) is 10.3. The van der Waals surface area contributed by atoms with Gasteiger partial charge in [0.15, 0.2) is 0 Å². The second-order valence-corrected chi connectivity index (χ2v) is 5.18. The van der Waals surface area contributed by atoms with Crippen molar-refractivity contribution < 1.29 is 4.79 Å². The van der Waals surface area contributed by atoms with Crippen molar-refractivity contribution in [1.82, 2.24) is 0 Å². The molecule has 4 heteroatoms. The molecule has 0 bridgehead atoms. The number of alkyl halides is 1. The summed E-state index contributed by atoms with van der Waals surface area (Å²) in [6, 6.07) is 13.0. The third-order valence-corrected chi connectivity index (χ3v) is 3.85. The van der Waals surface area contributed by atoms with E-state index in [0.717, 1.165) is 16.8 Å². The van der Waals surface area contributed by atoms with Crippen LogP contribution in [0.2, 0.25) is 5.02 Å². The molecule has 0 aromatic heterocycles. The second kappa shape index (κ2) is 6.22. The van der Waals surface area contributed by atoms with Gasteiger partial charge < -0.3 is 5.32 Å². The summed E-state index contributed by atoms with van der Waals surface area (Å²) in [4.78, 5) is 12.2. The summed E-state index contributed by atoms with van der Waals surface area (Å²) in [5.74, 6) is -0.157. The Hall–Kier alpha value is -1.32. The van der Waals surface area contributed by atoms with Crippen molar-refractivity contribution in [3.8, 4) is 0 Å². The van der Waals surface area contributed by atoms with Gasteiger partial charge in [0.1, 0.15) is 0 Å². The van der Waals surface area contributed by atoms with Crippen LogP contribution >= 0.6 is 27.5 Å². The van der Waals surface area contributed by atoms with Crippen LogP contribution < -0.4 is 5.32 Å². The highest BCUT2D eigenvalue weighted by molar-refractivity contribution is 9.08. The van der Waals surface area contributed by atoms with E-state index in [1.165, 1.54) is 0 Å². The number of nitrogens with one attached hydrogen (secondary N) is 1. The van der Waals surface area contributed by atoms with Gasteiger partial charge in [-0.15, -0.1) is 0 Å². The molecule has 1 N–H and O–H groups in total. The summed E-state index contributed by atoms with van der Waals surface area (Å²) in [5, 5.41) is 4.19. The highest BCUT2D eigenvalue weighted by Crippen LogP contribution is 2.21. The van der Waals surface area contributed by atoms with Gasteiger partial charge in [-0.25, -0.2) is 0 Å². The number of halogens is 2. The minimum absolute atomic E-state index is 0.157. The fourth-order valence-corrected chi connectivity index (χ4v) is 2.36. The van der Waals surface area contributed by atoms with Crippen LogP contribution in [0.3, 0.4) is 0 Å². The maximum absolute atomic E-state index is 12.2. The Morgan fingerprint density at radius 2 is 2.00 bits per heavy atom. The molecule has 2 rings (SSSR count). The van der Waals surface area contributed by atoms with Gasteiger partial charge in [0.05, 0.1) is 0 Å². The Morgan fingerprint density at radius 3 is 2.68 bits per heavy atom. The number of aryl methyl sites for hydroxylation is 1. The molecular formula is C15H13BrClNO. The molecule has 0 aliphatic rings. The zero-order chi connectivity index (χ0) is 13.8. The van der Waals surface area contributed by atoms with Gasteiger partial charge in [0.25, 0.3) is 5.91 Å². The molecule has 2 nitrogen and oxygen atoms in total. The summed E-state index contributed by atoms with van der Waals surface area (Å²) < 4.78 is 0. The first kappa shape index (κ1) is 14.1. The number of benzene rings is 2. The summed E-state index contributed by atoms with van der Waals surface area (Å²) in [7, 11) is 0. The fraction of sp³-hybridized carbons (Fsp3) is 0.133. The Labute approximate surface area is 125 Å².